The Morgan fingerprint density at radius 3 is 2.96 bits per heavy atom. The van der Waals surface area contributed by atoms with Crippen LogP contribution in [0, 0.1) is 0 Å². The Labute approximate surface area is 153 Å². The Kier molecular flexibility index (Phi) is 4.46. The summed E-state index contributed by atoms with van der Waals surface area (Å²) in [5.41, 5.74) is 1.65. The van der Waals surface area contributed by atoms with Gasteiger partial charge in [-0.3, -0.25) is 4.79 Å². The first-order valence-electron chi connectivity index (χ1n) is 7.92. The highest BCUT2D eigenvalue weighted by atomic mass is 35.5. The molecule has 0 radical (unpaired) electrons. The van der Waals surface area contributed by atoms with E-state index in [1.54, 1.807) is 6.07 Å². The lowest BCUT2D eigenvalue weighted by molar-refractivity contribution is -0.115. The fourth-order valence-corrected chi connectivity index (χ4v) is 3.83. The lowest BCUT2D eigenvalue weighted by atomic mass is 10.1. The number of thiazole rings is 1. The van der Waals surface area contributed by atoms with Gasteiger partial charge in [0, 0.05) is 6.42 Å². The molecule has 1 N–H and O–H groups in total. The van der Waals surface area contributed by atoms with Gasteiger partial charge in [0.05, 0.1) is 34.9 Å². The van der Waals surface area contributed by atoms with Crippen molar-refractivity contribution in [3.05, 3.63) is 47.0 Å². The Bertz CT molecular complexity index is 908. The van der Waals surface area contributed by atoms with E-state index in [1.807, 2.05) is 30.3 Å². The molecule has 128 valence electrons. The molecule has 1 aliphatic heterocycles. The predicted octanol–water partition coefficient (Wildman–Crippen LogP) is 4.29. The first kappa shape index (κ1) is 16.2. The third-order valence-corrected chi connectivity index (χ3v) is 5.00. The number of benzene rings is 2. The largest absolute Gasteiger partial charge is 0.489 e. The molecule has 1 aliphatic rings. The highest BCUT2D eigenvalue weighted by Gasteiger charge is 2.17. The van der Waals surface area contributed by atoms with Crippen LogP contribution in [0.3, 0.4) is 0 Å². The van der Waals surface area contributed by atoms with E-state index < -0.39 is 0 Å². The molecule has 0 fully saturated rings. The molecule has 0 saturated carbocycles. The van der Waals surface area contributed by atoms with E-state index in [0.717, 1.165) is 22.2 Å². The number of amides is 1. The van der Waals surface area contributed by atoms with Gasteiger partial charge in [-0.25, -0.2) is 4.98 Å². The maximum Gasteiger partial charge on any atom is 0.230 e. The number of nitrogens with zero attached hydrogens (tertiary/aromatic N) is 1. The summed E-state index contributed by atoms with van der Waals surface area (Å²) >= 11 is 7.72. The second-order valence-electron chi connectivity index (χ2n) is 5.67. The third-order valence-electron chi connectivity index (χ3n) is 3.77. The normalized spacial score (nSPS) is 13.5. The zero-order valence-electron chi connectivity index (χ0n) is 13.3. The number of ether oxygens (including phenoxy) is 2. The predicted molar refractivity (Wildman–Crippen MR) is 99.0 cm³/mol. The first-order chi connectivity index (χ1) is 12.2. The molecule has 0 spiro atoms. The van der Waals surface area contributed by atoms with Crippen LogP contribution in [-0.4, -0.2) is 24.1 Å². The molecule has 0 atom stereocenters. The van der Waals surface area contributed by atoms with E-state index >= 15 is 0 Å². The number of carbonyl (C=O) groups excluding carboxylic acids is 1. The molecule has 2 aromatic carbocycles. The summed E-state index contributed by atoms with van der Waals surface area (Å²) in [7, 11) is 0. The minimum absolute atomic E-state index is 0.149. The maximum absolute atomic E-state index is 12.3. The third kappa shape index (κ3) is 3.55. The van der Waals surface area contributed by atoms with E-state index in [1.165, 1.54) is 11.3 Å². The van der Waals surface area contributed by atoms with Crippen molar-refractivity contribution in [3.63, 3.8) is 0 Å². The second kappa shape index (κ2) is 6.90. The van der Waals surface area contributed by atoms with Crippen LogP contribution in [0.15, 0.2) is 36.4 Å². The quantitative estimate of drug-likeness (QED) is 0.742. The Hall–Kier alpha value is -2.31. The minimum Gasteiger partial charge on any atom is -0.489 e. The maximum atomic E-state index is 12.3. The molecule has 0 aliphatic carbocycles. The topological polar surface area (TPSA) is 60.5 Å². The van der Waals surface area contributed by atoms with Crippen molar-refractivity contribution < 1.29 is 14.3 Å². The van der Waals surface area contributed by atoms with Crippen molar-refractivity contribution in [1.29, 1.82) is 0 Å². The second-order valence-corrected chi connectivity index (χ2v) is 7.10. The molecule has 1 aromatic heterocycles. The number of halogens is 1. The highest BCUT2D eigenvalue weighted by Crippen LogP contribution is 2.38. The molecule has 0 unspecified atom stereocenters. The lowest BCUT2D eigenvalue weighted by Gasteiger charge is -2.11. The monoisotopic (exact) mass is 374 g/mol. The molecular formula is C18H15ClN2O3S. The molecule has 7 heteroatoms. The van der Waals surface area contributed by atoms with Crippen LogP contribution in [-0.2, 0) is 11.2 Å². The van der Waals surface area contributed by atoms with Crippen LogP contribution in [0.5, 0.6) is 11.5 Å². The smallest absolute Gasteiger partial charge is 0.230 e. The summed E-state index contributed by atoms with van der Waals surface area (Å²) in [6, 6.07) is 11.3. The van der Waals surface area contributed by atoms with Crippen molar-refractivity contribution in [2.75, 3.05) is 18.5 Å². The number of carbonyl (C=O) groups is 1. The molecule has 1 amide bonds. The number of rotatable bonds is 3. The number of para-hydroxylation sites is 1. The van der Waals surface area contributed by atoms with Crippen molar-refractivity contribution in [1.82, 2.24) is 4.98 Å². The van der Waals surface area contributed by atoms with Gasteiger partial charge < -0.3 is 14.8 Å². The fourth-order valence-electron chi connectivity index (χ4n) is 2.66. The van der Waals surface area contributed by atoms with Crippen molar-refractivity contribution >= 4 is 44.2 Å². The first-order valence-corrected chi connectivity index (χ1v) is 9.12. The van der Waals surface area contributed by atoms with Crippen LogP contribution in [0.25, 0.3) is 10.2 Å². The van der Waals surface area contributed by atoms with Crippen LogP contribution in [0.4, 0.5) is 5.13 Å². The standard InChI is InChI=1S/C18H15ClN2O3S/c19-12-8-11(9-14-17(12)24-7-3-6-23-14)10-16(22)21-18-20-13-4-1-2-5-15(13)25-18/h1-2,4-5,8-9H,3,6-7,10H2,(H,20,21,22). The molecule has 2 heterocycles. The Balaban J connectivity index is 1.50. The van der Waals surface area contributed by atoms with E-state index in [9.17, 15) is 4.79 Å². The van der Waals surface area contributed by atoms with Gasteiger partial charge in [-0.1, -0.05) is 35.1 Å². The Morgan fingerprint density at radius 2 is 2.08 bits per heavy atom. The van der Waals surface area contributed by atoms with Crippen LogP contribution in [0.1, 0.15) is 12.0 Å². The Morgan fingerprint density at radius 1 is 1.24 bits per heavy atom. The SMILES string of the molecule is O=C(Cc1cc(Cl)c2c(c1)OCCCO2)Nc1nc2ccccc2s1. The van der Waals surface area contributed by atoms with Gasteiger partial charge in [0.15, 0.2) is 16.6 Å². The van der Waals surface area contributed by atoms with E-state index in [2.05, 4.69) is 10.3 Å². The molecular weight excluding hydrogens is 360 g/mol. The number of aromatic nitrogens is 1. The minimum atomic E-state index is -0.149. The zero-order chi connectivity index (χ0) is 17.2. The molecule has 0 saturated heterocycles. The van der Waals surface area contributed by atoms with Crippen LogP contribution < -0.4 is 14.8 Å². The molecule has 3 aromatic rings. The fraction of sp³-hybridized carbons (Fsp3) is 0.222. The number of nitrogens with one attached hydrogen (secondary N) is 1. The summed E-state index contributed by atoms with van der Waals surface area (Å²) < 4.78 is 12.3. The van der Waals surface area contributed by atoms with E-state index in [-0.39, 0.29) is 12.3 Å². The summed E-state index contributed by atoms with van der Waals surface area (Å²) in [6.45, 7) is 1.15. The van der Waals surface area contributed by atoms with Gasteiger partial charge in [-0.15, -0.1) is 0 Å². The lowest BCUT2D eigenvalue weighted by Crippen LogP contribution is -2.14. The zero-order valence-corrected chi connectivity index (χ0v) is 14.8. The summed E-state index contributed by atoms with van der Waals surface area (Å²) in [5.74, 6) is 0.992. The summed E-state index contributed by atoms with van der Waals surface area (Å²) in [4.78, 5) is 16.8. The van der Waals surface area contributed by atoms with Gasteiger partial charge in [0.25, 0.3) is 0 Å². The van der Waals surface area contributed by atoms with Gasteiger partial charge >= 0.3 is 0 Å². The summed E-state index contributed by atoms with van der Waals surface area (Å²) in [5, 5.41) is 3.89. The molecule has 0 bridgehead atoms. The van der Waals surface area contributed by atoms with Gasteiger partial charge in [0.2, 0.25) is 5.91 Å². The average molecular weight is 375 g/mol. The van der Waals surface area contributed by atoms with Crippen LogP contribution in [0.2, 0.25) is 5.02 Å². The van der Waals surface area contributed by atoms with Gasteiger partial charge in [0.1, 0.15) is 0 Å². The van der Waals surface area contributed by atoms with Gasteiger partial charge in [-0.05, 0) is 29.8 Å². The average Bonchev–Trinajstić information content (AvgIpc) is 2.82. The van der Waals surface area contributed by atoms with Crippen LogP contribution >= 0.6 is 22.9 Å². The van der Waals surface area contributed by atoms with Crippen molar-refractivity contribution in [3.8, 4) is 11.5 Å². The van der Waals surface area contributed by atoms with Gasteiger partial charge in [-0.2, -0.15) is 0 Å². The van der Waals surface area contributed by atoms with Crippen molar-refractivity contribution in [2.45, 2.75) is 12.8 Å². The number of fused-ring (bicyclic) bond motifs is 2. The highest BCUT2D eigenvalue weighted by molar-refractivity contribution is 7.22. The van der Waals surface area contributed by atoms with E-state index in [0.29, 0.717) is 34.9 Å². The number of anilines is 1. The molecule has 4 rings (SSSR count). The van der Waals surface area contributed by atoms with Crippen molar-refractivity contribution in [2.24, 2.45) is 0 Å². The van der Waals surface area contributed by atoms with E-state index in [4.69, 9.17) is 21.1 Å². The molecule has 5 nitrogen and oxygen atoms in total. The number of hydrogen-bond acceptors (Lipinski definition) is 5. The summed E-state index contributed by atoms with van der Waals surface area (Å²) in [6.07, 6.45) is 0.991. The number of hydrogen-bond donors (Lipinski definition) is 1. The molecule has 25 heavy (non-hydrogen) atoms.